The van der Waals surface area contributed by atoms with E-state index in [1.54, 1.807) is 0 Å². The van der Waals surface area contributed by atoms with Gasteiger partial charge in [0.05, 0.1) is 11.4 Å². The second kappa shape index (κ2) is 7.85. The number of rotatable bonds is 2. The Balaban J connectivity index is 0.00000225. The molecule has 2 aromatic rings. The maximum atomic E-state index is 6.44. The summed E-state index contributed by atoms with van der Waals surface area (Å²) < 4.78 is 0. The first-order chi connectivity index (χ1) is 11.5. The molecular weight excluding hydrogens is 357 g/mol. The number of fused-ring (bicyclic) bond motifs is 1. The van der Waals surface area contributed by atoms with Crippen molar-refractivity contribution in [2.24, 2.45) is 21.7 Å². The molecule has 1 aliphatic rings. The van der Waals surface area contributed by atoms with Gasteiger partial charge in [0.15, 0.2) is 0 Å². The summed E-state index contributed by atoms with van der Waals surface area (Å²) in [7, 11) is 0. The number of aryl methyl sites for hydroxylation is 2. The van der Waals surface area contributed by atoms with E-state index >= 15 is 0 Å². The fraction of sp³-hybridized carbons (Fsp3) is 0.278. The summed E-state index contributed by atoms with van der Waals surface area (Å²) in [6, 6.07) is 8.06. The molecule has 1 atom stereocenters. The zero-order chi connectivity index (χ0) is 17.3. The molecular formula is C18H21Cl2N5. The third-order valence-corrected chi connectivity index (χ3v) is 4.63. The molecule has 0 bridgehead atoms. The van der Waals surface area contributed by atoms with Crippen LogP contribution in [0.3, 0.4) is 0 Å². The van der Waals surface area contributed by atoms with Crippen LogP contribution in [0.15, 0.2) is 40.7 Å². The Kier molecular flexibility index (Phi) is 6.03. The lowest BCUT2D eigenvalue weighted by Crippen LogP contribution is -2.24. The molecule has 0 amide bonds. The zero-order valence-corrected chi connectivity index (χ0v) is 15.7. The first-order valence-corrected chi connectivity index (χ1v) is 8.20. The quantitative estimate of drug-likeness (QED) is 0.476. The normalized spacial score (nSPS) is 17.6. The number of hydrogen-bond donors (Lipinski definition) is 2. The van der Waals surface area contributed by atoms with Gasteiger partial charge in [-0.05, 0) is 55.9 Å². The van der Waals surface area contributed by atoms with Crippen molar-refractivity contribution in [3.63, 3.8) is 0 Å². The average molecular weight is 378 g/mol. The van der Waals surface area contributed by atoms with Crippen molar-refractivity contribution in [2.75, 3.05) is 0 Å². The van der Waals surface area contributed by atoms with Crippen LogP contribution in [0.2, 0.25) is 5.02 Å². The number of aromatic nitrogens is 1. The summed E-state index contributed by atoms with van der Waals surface area (Å²) in [6.45, 7) is 4.11. The van der Waals surface area contributed by atoms with Gasteiger partial charge in [0, 0.05) is 16.8 Å². The zero-order valence-electron chi connectivity index (χ0n) is 14.2. The summed E-state index contributed by atoms with van der Waals surface area (Å²) in [5.74, 6) is 0.147. The Morgan fingerprint density at radius 1 is 1.20 bits per heavy atom. The molecule has 5 nitrogen and oxygen atoms in total. The van der Waals surface area contributed by atoms with E-state index in [1.807, 2.05) is 31.3 Å². The van der Waals surface area contributed by atoms with Crippen molar-refractivity contribution >= 4 is 35.7 Å². The lowest BCUT2D eigenvalue weighted by Gasteiger charge is -2.27. The van der Waals surface area contributed by atoms with Gasteiger partial charge in [-0.2, -0.15) is 5.10 Å². The van der Waals surface area contributed by atoms with Gasteiger partial charge in [0.25, 0.3) is 0 Å². The van der Waals surface area contributed by atoms with Gasteiger partial charge < -0.3 is 11.5 Å². The summed E-state index contributed by atoms with van der Waals surface area (Å²) in [6.07, 6.45) is 3.37. The van der Waals surface area contributed by atoms with Crippen LogP contribution in [0.25, 0.3) is 0 Å². The largest absolute Gasteiger partial charge is 0.369 e. The van der Waals surface area contributed by atoms with Gasteiger partial charge in [-0.25, -0.2) is 0 Å². The van der Waals surface area contributed by atoms with Crippen molar-refractivity contribution < 1.29 is 0 Å². The summed E-state index contributed by atoms with van der Waals surface area (Å²) >= 11 is 6.44. The highest BCUT2D eigenvalue weighted by Crippen LogP contribution is 2.37. The highest BCUT2D eigenvalue weighted by Gasteiger charge is 2.28. The van der Waals surface area contributed by atoms with Gasteiger partial charge in [0.2, 0.25) is 5.96 Å². The van der Waals surface area contributed by atoms with Crippen LogP contribution >= 0.6 is 24.0 Å². The Morgan fingerprint density at radius 2 is 1.96 bits per heavy atom. The highest BCUT2D eigenvalue weighted by molar-refractivity contribution is 6.31. The minimum atomic E-state index is -0.0543. The van der Waals surface area contributed by atoms with Crippen molar-refractivity contribution in [3.05, 3.63) is 63.4 Å². The highest BCUT2D eigenvalue weighted by atomic mass is 35.5. The van der Waals surface area contributed by atoms with E-state index in [0.717, 1.165) is 46.0 Å². The molecule has 25 heavy (non-hydrogen) atoms. The SMILES string of the molecule is Cc1ccc(Cl)c(C2C/C(=N/N=C(N)N)c3c(C)ccnc3C2)c1.Cl. The Bertz CT molecular complexity index is 841. The van der Waals surface area contributed by atoms with Crippen LogP contribution in [0, 0.1) is 13.8 Å². The fourth-order valence-corrected chi connectivity index (χ4v) is 3.48. The van der Waals surface area contributed by atoms with Crippen LogP contribution < -0.4 is 11.5 Å². The number of guanidine groups is 1. The minimum Gasteiger partial charge on any atom is -0.369 e. The average Bonchev–Trinajstić information content (AvgIpc) is 2.54. The number of halogens is 2. The molecule has 1 aromatic heterocycles. The molecule has 0 aliphatic heterocycles. The maximum absolute atomic E-state index is 6.44. The lowest BCUT2D eigenvalue weighted by molar-refractivity contribution is 0.677. The summed E-state index contributed by atoms with van der Waals surface area (Å²) in [4.78, 5) is 4.55. The molecule has 0 radical (unpaired) electrons. The molecule has 7 heteroatoms. The molecule has 0 spiro atoms. The van der Waals surface area contributed by atoms with Crippen LogP contribution in [-0.4, -0.2) is 16.7 Å². The van der Waals surface area contributed by atoms with Crippen LogP contribution in [0.4, 0.5) is 0 Å². The van der Waals surface area contributed by atoms with Gasteiger partial charge in [-0.1, -0.05) is 29.3 Å². The van der Waals surface area contributed by atoms with Crippen molar-refractivity contribution in [1.29, 1.82) is 0 Å². The van der Waals surface area contributed by atoms with E-state index in [4.69, 9.17) is 23.1 Å². The molecule has 0 saturated carbocycles. The van der Waals surface area contributed by atoms with E-state index in [9.17, 15) is 0 Å². The fourth-order valence-electron chi connectivity index (χ4n) is 3.21. The number of nitrogens with zero attached hydrogens (tertiary/aromatic N) is 3. The molecule has 1 unspecified atom stereocenters. The number of nitrogens with two attached hydrogens (primary N) is 2. The predicted molar refractivity (Wildman–Crippen MR) is 106 cm³/mol. The standard InChI is InChI=1S/C18H20ClN5.ClH/c1-10-3-4-14(19)13(7-10)12-8-15-17(11(2)5-6-22-15)16(9-12)23-24-18(20)21;/h3-7,12H,8-9H2,1-2H3,(H4,20,21,24);1H/b23-16-;. The molecule has 1 aromatic carbocycles. The van der Waals surface area contributed by atoms with Gasteiger partial charge >= 0.3 is 0 Å². The molecule has 0 fully saturated rings. The molecule has 132 valence electrons. The maximum Gasteiger partial charge on any atom is 0.211 e. The molecule has 1 aliphatic carbocycles. The minimum absolute atomic E-state index is 0. The van der Waals surface area contributed by atoms with Gasteiger partial charge in [0.1, 0.15) is 0 Å². The van der Waals surface area contributed by atoms with Crippen molar-refractivity contribution in [1.82, 2.24) is 4.98 Å². The van der Waals surface area contributed by atoms with Crippen LogP contribution in [0.1, 0.15) is 40.3 Å². The molecule has 1 heterocycles. The number of pyridine rings is 1. The van der Waals surface area contributed by atoms with Crippen molar-refractivity contribution in [3.8, 4) is 0 Å². The van der Waals surface area contributed by atoms with E-state index in [2.05, 4.69) is 28.2 Å². The van der Waals surface area contributed by atoms with E-state index in [-0.39, 0.29) is 24.3 Å². The van der Waals surface area contributed by atoms with Crippen LogP contribution in [0.5, 0.6) is 0 Å². The second-order valence-corrected chi connectivity index (χ2v) is 6.56. The van der Waals surface area contributed by atoms with Gasteiger partial charge in [-0.3, -0.25) is 4.98 Å². The van der Waals surface area contributed by atoms with E-state index in [1.165, 1.54) is 5.56 Å². The Morgan fingerprint density at radius 3 is 2.68 bits per heavy atom. The van der Waals surface area contributed by atoms with Crippen LogP contribution in [-0.2, 0) is 6.42 Å². The molecule has 4 N–H and O–H groups in total. The second-order valence-electron chi connectivity index (χ2n) is 6.15. The third kappa shape index (κ3) is 4.11. The summed E-state index contributed by atoms with van der Waals surface area (Å²) in [5, 5.41) is 8.91. The number of benzene rings is 1. The predicted octanol–water partition coefficient (Wildman–Crippen LogP) is 3.48. The Labute approximate surface area is 158 Å². The third-order valence-electron chi connectivity index (χ3n) is 4.28. The van der Waals surface area contributed by atoms with Crippen molar-refractivity contribution in [2.45, 2.75) is 32.6 Å². The summed E-state index contributed by atoms with van der Waals surface area (Å²) in [5.41, 5.74) is 17.2. The van der Waals surface area contributed by atoms with E-state index in [0.29, 0.717) is 0 Å². The first kappa shape index (κ1) is 19.2. The monoisotopic (exact) mass is 377 g/mol. The molecule has 0 saturated heterocycles. The van der Waals surface area contributed by atoms with E-state index < -0.39 is 0 Å². The smallest absolute Gasteiger partial charge is 0.211 e. The van der Waals surface area contributed by atoms with Gasteiger partial charge in [-0.15, -0.1) is 17.5 Å². The number of hydrogen-bond acceptors (Lipinski definition) is 3. The Hall–Kier alpha value is -2.11. The first-order valence-electron chi connectivity index (χ1n) is 7.82. The molecule has 3 rings (SSSR count). The lowest BCUT2D eigenvalue weighted by atomic mass is 9.79. The topological polar surface area (TPSA) is 89.6 Å².